The molecule has 0 radical (unpaired) electrons. The molecule has 0 unspecified atom stereocenters. The molecule has 148 valence electrons. The van der Waals surface area contributed by atoms with E-state index in [4.69, 9.17) is 0 Å². The van der Waals surface area contributed by atoms with Crippen LogP contribution in [0, 0.1) is 0 Å². The summed E-state index contributed by atoms with van der Waals surface area (Å²) in [6.07, 6.45) is 0.437. The summed E-state index contributed by atoms with van der Waals surface area (Å²) in [4.78, 5) is 24.6. The van der Waals surface area contributed by atoms with Crippen molar-refractivity contribution in [2.24, 2.45) is 0 Å². The summed E-state index contributed by atoms with van der Waals surface area (Å²) in [6.45, 7) is 0.365. The number of anilines is 1. The molecule has 1 fully saturated rings. The van der Waals surface area contributed by atoms with E-state index in [0.29, 0.717) is 24.2 Å². The summed E-state index contributed by atoms with van der Waals surface area (Å²) in [5.74, 6) is -0.455. The molecule has 7 nitrogen and oxygen atoms in total. The van der Waals surface area contributed by atoms with Gasteiger partial charge in [0.15, 0.2) is 9.84 Å². The minimum absolute atomic E-state index is 0.0166. The van der Waals surface area contributed by atoms with Gasteiger partial charge >= 0.3 is 0 Å². The third-order valence-corrected chi connectivity index (χ3v) is 6.27. The zero-order valence-corrected chi connectivity index (χ0v) is 16.2. The Morgan fingerprint density at radius 3 is 2.43 bits per heavy atom. The normalized spacial score (nSPS) is 17.6. The van der Waals surface area contributed by atoms with Crippen LogP contribution in [0.25, 0.3) is 0 Å². The highest BCUT2D eigenvalue weighted by Gasteiger charge is 2.28. The molecule has 28 heavy (non-hydrogen) atoms. The van der Waals surface area contributed by atoms with Crippen molar-refractivity contribution in [3.63, 3.8) is 0 Å². The second-order valence-electron chi connectivity index (χ2n) is 6.73. The number of amides is 2. The van der Waals surface area contributed by atoms with Gasteiger partial charge in [0.1, 0.15) is 0 Å². The van der Waals surface area contributed by atoms with Crippen molar-refractivity contribution < 1.29 is 18.0 Å². The van der Waals surface area contributed by atoms with E-state index < -0.39 is 9.84 Å². The van der Waals surface area contributed by atoms with E-state index in [-0.39, 0.29) is 35.9 Å². The van der Waals surface area contributed by atoms with Crippen molar-refractivity contribution in [2.45, 2.75) is 19.0 Å². The fourth-order valence-electron chi connectivity index (χ4n) is 3.07. The van der Waals surface area contributed by atoms with E-state index in [0.717, 1.165) is 5.56 Å². The van der Waals surface area contributed by atoms with Crippen LogP contribution in [0.3, 0.4) is 0 Å². The van der Waals surface area contributed by atoms with Crippen LogP contribution >= 0.6 is 0 Å². The van der Waals surface area contributed by atoms with Gasteiger partial charge in [-0.1, -0.05) is 42.5 Å². The maximum Gasteiger partial charge on any atom is 0.253 e. The largest absolute Gasteiger partial charge is 0.376 e. The van der Waals surface area contributed by atoms with Gasteiger partial charge in [-0.2, -0.15) is 0 Å². The molecule has 2 aromatic rings. The van der Waals surface area contributed by atoms with Gasteiger partial charge in [-0.15, -0.1) is 0 Å². The van der Waals surface area contributed by atoms with Crippen LogP contribution in [0.2, 0.25) is 0 Å². The Hall–Kier alpha value is -2.87. The van der Waals surface area contributed by atoms with Crippen molar-refractivity contribution in [3.8, 4) is 0 Å². The first-order valence-corrected chi connectivity index (χ1v) is 10.9. The number of carbonyl (C=O) groups excluding carboxylic acids is 2. The standard InChI is InChI=1S/C20H23N3O4S/c24-19(23-16-10-11-28(26,27)14-16)13-21-18-9-5-4-8-17(18)20(25)22-12-15-6-2-1-3-7-15/h1-9,16,21H,10-14H2,(H,22,25)(H,23,24)/t16-/m0/s1. The molecule has 0 saturated carbocycles. The van der Waals surface area contributed by atoms with Crippen LogP contribution in [-0.2, 0) is 21.2 Å². The number of carbonyl (C=O) groups is 2. The molecule has 1 aliphatic heterocycles. The summed E-state index contributed by atoms with van der Waals surface area (Å²) >= 11 is 0. The van der Waals surface area contributed by atoms with Crippen LogP contribution in [0.4, 0.5) is 5.69 Å². The molecule has 3 N–H and O–H groups in total. The van der Waals surface area contributed by atoms with Gasteiger partial charge in [-0.25, -0.2) is 8.42 Å². The quantitative estimate of drug-likeness (QED) is 0.649. The minimum Gasteiger partial charge on any atom is -0.376 e. The Kier molecular flexibility index (Phi) is 6.30. The first kappa shape index (κ1) is 19.9. The highest BCUT2D eigenvalue weighted by molar-refractivity contribution is 7.91. The third-order valence-electron chi connectivity index (χ3n) is 4.50. The first-order chi connectivity index (χ1) is 13.4. The van der Waals surface area contributed by atoms with E-state index in [1.54, 1.807) is 24.3 Å². The van der Waals surface area contributed by atoms with Gasteiger partial charge in [0, 0.05) is 18.3 Å². The number of benzene rings is 2. The SMILES string of the molecule is O=C(CNc1ccccc1C(=O)NCc1ccccc1)N[C@H]1CCS(=O)(=O)C1. The van der Waals surface area contributed by atoms with E-state index >= 15 is 0 Å². The Morgan fingerprint density at radius 2 is 1.71 bits per heavy atom. The Labute approximate surface area is 164 Å². The summed E-state index contributed by atoms with van der Waals surface area (Å²) < 4.78 is 22.9. The highest BCUT2D eigenvalue weighted by atomic mass is 32.2. The second-order valence-corrected chi connectivity index (χ2v) is 8.96. The lowest BCUT2D eigenvalue weighted by molar-refractivity contribution is -0.119. The second kappa shape index (κ2) is 8.88. The van der Waals surface area contributed by atoms with Crippen LogP contribution < -0.4 is 16.0 Å². The molecule has 1 heterocycles. The Bertz CT molecular complexity index is 945. The molecule has 1 aliphatic rings. The van der Waals surface area contributed by atoms with Crippen LogP contribution in [0.1, 0.15) is 22.3 Å². The monoisotopic (exact) mass is 401 g/mol. The van der Waals surface area contributed by atoms with E-state index in [1.165, 1.54) is 0 Å². The summed E-state index contributed by atoms with van der Waals surface area (Å²) in [7, 11) is -3.04. The Balaban J connectivity index is 1.54. The van der Waals surface area contributed by atoms with Crippen LogP contribution in [0.5, 0.6) is 0 Å². The maximum atomic E-state index is 12.5. The molecule has 3 rings (SSSR count). The van der Waals surface area contributed by atoms with Gasteiger partial charge in [0.25, 0.3) is 5.91 Å². The molecule has 0 bridgehead atoms. The lowest BCUT2D eigenvalue weighted by atomic mass is 10.1. The number of nitrogens with one attached hydrogen (secondary N) is 3. The molecule has 0 aromatic heterocycles. The molecule has 2 aromatic carbocycles. The predicted octanol–water partition coefficient (Wildman–Crippen LogP) is 1.33. The van der Waals surface area contributed by atoms with Gasteiger partial charge < -0.3 is 16.0 Å². The van der Waals surface area contributed by atoms with Gasteiger partial charge in [-0.3, -0.25) is 9.59 Å². The van der Waals surface area contributed by atoms with Crippen LogP contribution in [0.15, 0.2) is 54.6 Å². The van der Waals surface area contributed by atoms with Crippen molar-refractivity contribution in [3.05, 3.63) is 65.7 Å². The molecule has 1 saturated heterocycles. The number of rotatable bonds is 7. The lowest BCUT2D eigenvalue weighted by Crippen LogP contribution is -2.39. The molecule has 2 amide bonds. The highest BCUT2D eigenvalue weighted by Crippen LogP contribution is 2.15. The minimum atomic E-state index is -3.04. The predicted molar refractivity (Wildman–Crippen MR) is 108 cm³/mol. The fraction of sp³-hybridized carbons (Fsp3) is 0.300. The smallest absolute Gasteiger partial charge is 0.253 e. The summed E-state index contributed by atoms with van der Waals surface area (Å²) in [5.41, 5.74) is 1.98. The molecular formula is C20H23N3O4S. The van der Waals surface area contributed by atoms with E-state index in [1.807, 2.05) is 30.3 Å². The summed E-state index contributed by atoms with van der Waals surface area (Å²) in [5, 5.41) is 8.55. The van der Waals surface area contributed by atoms with Crippen LogP contribution in [-0.4, -0.2) is 44.3 Å². The van der Waals surface area contributed by atoms with Crippen molar-refractivity contribution in [1.29, 1.82) is 0 Å². The molecule has 0 spiro atoms. The number of sulfone groups is 1. The zero-order valence-electron chi connectivity index (χ0n) is 15.4. The average molecular weight is 401 g/mol. The molecule has 1 atom stereocenters. The van der Waals surface area contributed by atoms with Crippen molar-refractivity contribution >= 4 is 27.3 Å². The topological polar surface area (TPSA) is 104 Å². The fourth-order valence-corrected chi connectivity index (χ4v) is 4.75. The Morgan fingerprint density at radius 1 is 1.00 bits per heavy atom. The van der Waals surface area contributed by atoms with Crippen molar-refractivity contribution in [1.82, 2.24) is 10.6 Å². The lowest BCUT2D eigenvalue weighted by Gasteiger charge is -2.14. The van der Waals surface area contributed by atoms with E-state index in [2.05, 4.69) is 16.0 Å². The number of hydrogen-bond acceptors (Lipinski definition) is 5. The van der Waals surface area contributed by atoms with Gasteiger partial charge in [0.05, 0.1) is 23.6 Å². The first-order valence-electron chi connectivity index (χ1n) is 9.08. The number of para-hydroxylation sites is 1. The average Bonchev–Trinajstić information content (AvgIpc) is 3.03. The van der Waals surface area contributed by atoms with Gasteiger partial charge in [-0.05, 0) is 24.1 Å². The molecular weight excluding hydrogens is 378 g/mol. The maximum absolute atomic E-state index is 12.5. The van der Waals surface area contributed by atoms with Crippen molar-refractivity contribution in [2.75, 3.05) is 23.4 Å². The summed E-state index contributed by atoms with van der Waals surface area (Å²) in [6, 6.07) is 16.2. The van der Waals surface area contributed by atoms with E-state index in [9.17, 15) is 18.0 Å². The number of hydrogen-bond donors (Lipinski definition) is 3. The molecule has 8 heteroatoms. The molecule has 0 aliphatic carbocycles. The third kappa shape index (κ3) is 5.56. The van der Waals surface area contributed by atoms with Gasteiger partial charge in [0.2, 0.25) is 5.91 Å². The zero-order chi connectivity index (χ0) is 20.0.